The number of nitrogens with zero attached hydrogens (tertiary/aromatic N) is 3. The van der Waals surface area contributed by atoms with E-state index >= 15 is 0 Å². The quantitative estimate of drug-likeness (QED) is 0.530. The van der Waals surface area contributed by atoms with Crippen LogP contribution in [0.3, 0.4) is 0 Å². The number of fused-ring (bicyclic) bond motifs is 3. The van der Waals surface area contributed by atoms with Gasteiger partial charge in [-0.25, -0.2) is 4.98 Å². The summed E-state index contributed by atoms with van der Waals surface area (Å²) in [4.78, 5) is 20.0. The third-order valence-corrected chi connectivity index (χ3v) is 2.55. The van der Waals surface area contributed by atoms with Gasteiger partial charge in [0.1, 0.15) is 5.65 Å². The molecule has 3 rings (SSSR count). The smallest absolute Gasteiger partial charge is 0.282 e. The number of aromatic nitrogens is 3. The first-order chi connectivity index (χ1) is 7.75. The van der Waals surface area contributed by atoms with E-state index in [2.05, 4.69) is 9.97 Å². The Morgan fingerprint density at radius 1 is 1.31 bits per heavy atom. The number of rotatable bonds is 0. The predicted octanol–water partition coefficient (Wildman–Crippen LogP) is 1.55. The van der Waals surface area contributed by atoms with Gasteiger partial charge in [-0.1, -0.05) is 0 Å². The third kappa shape index (κ3) is 1.20. The van der Waals surface area contributed by atoms with Crippen LogP contribution in [0.25, 0.3) is 16.7 Å². The van der Waals surface area contributed by atoms with Gasteiger partial charge in [-0.15, -0.1) is 0 Å². The summed E-state index contributed by atoms with van der Waals surface area (Å²) in [6, 6.07) is 7.32. The minimum atomic E-state index is -0.228. The fraction of sp³-hybridized carbons (Fsp3) is 0.0833. The zero-order chi connectivity index (χ0) is 11.1. The van der Waals surface area contributed by atoms with Gasteiger partial charge in [0, 0.05) is 12.4 Å². The first-order valence-electron chi connectivity index (χ1n) is 4.99. The Morgan fingerprint density at radius 3 is 3.06 bits per heavy atom. The Bertz CT molecular complexity index is 746. The van der Waals surface area contributed by atoms with Gasteiger partial charge in [0.05, 0.1) is 5.39 Å². The molecule has 4 heteroatoms. The van der Waals surface area contributed by atoms with Gasteiger partial charge < -0.3 is 0 Å². The molecule has 0 atom stereocenters. The molecule has 0 saturated heterocycles. The van der Waals surface area contributed by atoms with E-state index in [1.807, 2.05) is 29.7 Å². The number of pyridine rings is 2. The minimum absolute atomic E-state index is 0.228. The highest BCUT2D eigenvalue weighted by molar-refractivity contribution is 5.76. The molecule has 0 saturated carbocycles. The van der Waals surface area contributed by atoms with E-state index in [-0.39, 0.29) is 5.56 Å². The Labute approximate surface area is 91.2 Å². The SMILES string of the molecule is Cc1ccn2c(c1)nc(=O)c1cccnc12. The zero-order valence-electron chi connectivity index (χ0n) is 8.71. The van der Waals surface area contributed by atoms with Crippen LogP contribution in [-0.4, -0.2) is 14.4 Å². The van der Waals surface area contributed by atoms with Gasteiger partial charge in [0.2, 0.25) is 0 Å². The predicted molar refractivity (Wildman–Crippen MR) is 61.5 cm³/mol. The maximum absolute atomic E-state index is 11.7. The van der Waals surface area contributed by atoms with Crippen LogP contribution in [0.5, 0.6) is 0 Å². The molecule has 0 N–H and O–H groups in total. The van der Waals surface area contributed by atoms with Crippen LogP contribution in [0, 0.1) is 6.92 Å². The van der Waals surface area contributed by atoms with Gasteiger partial charge in [-0.2, -0.15) is 4.98 Å². The molecule has 4 nitrogen and oxygen atoms in total. The number of aryl methyl sites for hydroxylation is 1. The molecule has 0 spiro atoms. The first kappa shape index (κ1) is 9.03. The topological polar surface area (TPSA) is 47.3 Å². The summed E-state index contributed by atoms with van der Waals surface area (Å²) in [7, 11) is 0. The second-order valence-electron chi connectivity index (χ2n) is 3.72. The molecular weight excluding hydrogens is 202 g/mol. The van der Waals surface area contributed by atoms with E-state index in [0.29, 0.717) is 16.7 Å². The molecule has 3 aromatic rings. The van der Waals surface area contributed by atoms with Gasteiger partial charge in [0.15, 0.2) is 5.65 Å². The van der Waals surface area contributed by atoms with Gasteiger partial charge in [0.25, 0.3) is 5.56 Å². The highest BCUT2D eigenvalue weighted by Gasteiger charge is 2.04. The molecule has 3 aromatic heterocycles. The van der Waals surface area contributed by atoms with E-state index in [1.165, 1.54) is 0 Å². The summed E-state index contributed by atoms with van der Waals surface area (Å²) in [6.45, 7) is 1.97. The fourth-order valence-corrected chi connectivity index (χ4v) is 1.78. The van der Waals surface area contributed by atoms with E-state index in [4.69, 9.17) is 0 Å². The van der Waals surface area contributed by atoms with Crippen LogP contribution in [0.1, 0.15) is 5.56 Å². The lowest BCUT2D eigenvalue weighted by Crippen LogP contribution is -2.11. The molecular formula is C12H9N3O. The Morgan fingerprint density at radius 2 is 2.19 bits per heavy atom. The van der Waals surface area contributed by atoms with Crippen LogP contribution in [0.2, 0.25) is 0 Å². The van der Waals surface area contributed by atoms with E-state index in [0.717, 1.165) is 5.56 Å². The Kier molecular flexibility index (Phi) is 1.77. The summed E-state index contributed by atoms with van der Waals surface area (Å²) in [6.07, 6.45) is 3.56. The normalized spacial score (nSPS) is 11.1. The van der Waals surface area contributed by atoms with Crippen molar-refractivity contribution in [2.24, 2.45) is 0 Å². The van der Waals surface area contributed by atoms with E-state index < -0.39 is 0 Å². The lowest BCUT2D eigenvalue weighted by atomic mass is 10.3. The summed E-state index contributed by atoms with van der Waals surface area (Å²) in [5, 5.41) is 0.545. The van der Waals surface area contributed by atoms with Crippen molar-refractivity contribution < 1.29 is 0 Å². The maximum Gasteiger partial charge on any atom is 0.282 e. The molecule has 0 aliphatic rings. The first-order valence-corrected chi connectivity index (χ1v) is 4.99. The molecule has 0 aliphatic carbocycles. The van der Waals surface area contributed by atoms with Crippen molar-refractivity contribution in [1.82, 2.24) is 14.4 Å². The average molecular weight is 211 g/mol. The fourth-order valence-electron chi connectivity index (χ4n) is 1.78. The molecule has 0 amide bonds. The van der Waals surface area contributed by atoms with Crippen molar-refractivity contribution in [3.8, 4) is 0 Å². The molecule has 0 radical (unpaired) electrons. The third-order valence-electron chi connectivity index (χ3n) is 2.55. The molecule has 0 unspecified atom stereocenters. The van der Waals surface area contributed by atoms with Crippen LogP contribution in [-0.2, 0) is 0 Å². The molecule has 0 fully saturated rings. The van der Waals surface area contributed by atoms with Gasteiger partial charge in [-0.05, 0) is 36.8 Å². The summed E-state index contributed by atoms with van der Waals surface area (Å²) in [5.74, 6) is 0. The zero-order valence-corrected chi connectivity index (χ0v) is 8.71. The van der Waals surface area contributed by atoms with Crippen LogP contribution < -0.4 is 5.56 Å². The van der Waals surface area contributed by atoms with E-state index in [9.17, 15) is 4.79 Å². The lowest BCUT2D eigenvalue weighted by Gasteiger charge is -2.04. The largest absolute Gasteiger partial charge is 0.285 e. The monoisotopic (exact) mass is 211 g/mol. The minimum Gasteiger partial charge on any atom is -0.285 e. The summed E-state index contributed by atoms with van der Waals surface area (Å²) >= 11 is 0. The highest BCUT2D eigenvalue weighted by atomic mass is 16.1. The second-order valence-corrected chi connectivity index (χ2v) is 3.72. The number of hydrogen-bond donors (Lipinski definition) is 0. The van der Waals surface area contributed by atoms with Crippen LogP contribution in [0.4, 0.5) is 0 Å². The molecule has 0 aromatic carbocycles. The number of hydrogen-bond acceptors (Lipinski definition) is 3. The van der Waals surface area contributed by atoms with Gasteiger partial charge in [-0.3, -0.25) is 9.20 Å². The Balaban J connectivity index is 2.64. The van der Waals surface area contributed by atoms with Crippen molar-refractivity contribution in [3.05, 3.63) is 52.6 Å². The molecule has 0 aliphatic heterocycles. The maximum atomic E-state index is 11.7. The van der Waals surface area contributed by atoms with Crippen molar-refractivity contribution in [3.63, 3.8) is 0 Å². The van der Waals surface area contributed by atoms with Crippen molar-refractivity contribution >= 4 is 16.7 Å². The molecule has 0 bridgehead atoms. The van der Waals surface area contributed by atoms with Crippen LogP contribution >= 0.6 is 0 Å². The van der Waals surface area contributed by atoms with Gasteiger partial charge >= 0.3 is 0 Å². The average Bonchev–Trinajstić information content (AvgIpc) is 2.29. The van der Waals surface area contributed by atoms with E-state index in [1.54, 1.807) is 18.3 Å². The summed E-state index contributed by atoms with van der Waals surface area (Å²) < 4.78 is 1.82. The highest BCUT2D eigenvalue weighted by Crippen LogP contribution is 2.09. The lowest BCUT2D eigenvalue weighted by molar-refractivity contribution is 1.09. The van der Waals surface area contributed by atoms with Crippen molar-refractivity contribution in [2.75, 3.05) is 0 Å². The molecule has 16 heavy (non-hydrogen) atoms. The molecule has 3 heterocycles. The second kappa shape index (κ2) is 3.13. The summed E-state index contributed by atoms with van der Waals surface area (Å²) in [5.41, 5.74) is 2.13. The Hall–Kier alpha value is -2.23. The van der Waals surface area contributed by atoms with Crippen LogP contribution in [0.15, 0.2) is 41.5 Å². The van der Waals surface area contributed by atoms with Crippen molar-refractivity contribution in [1.29, 1.82) is 0 Å². The van der Waals surface area contributed by atoms with Crippen molar-refractivity contribution in [2.45, 2.75) is 6.92 Å². The molecule has 78 valence electrons. The standard InChI is InChI=1S/C12H9N3O/c1-8-4-6-15-10(7-8)14-12(16)9-3-2-5-13-11(9)15/h2-7H,1H3.